The van der Waals surface area contributed by atoms with E-state index in [1.54, 1.807) is 35.5 Å². The van der Waals surface area contributed by atoms with Crippen LogP contribution < -0.4 is 15.4 Å². The molecule has 0 atom stereocenters. The predicted molar refractivity (Wildman–Crippen MR) is 120 cm³/mol. The summed E-state index contributed by atoms with van der Waals surface area (Å²) in [6, 6.07) is 5.53. The van der Waals surface area contributed by atoms with E-state index in [4.69, 9.17) is 4.74 Å². The number of hydrogen-bond donors (Lipinski definition) is 2. The molecule has 5 rings (SSSR count). The molecule has 0 radical (unpaired) electrons. The number of rotatable bonds is 5. The lowest BCUT2D eigenvalue weighted by Crippen LogP contribution is -2.34. The second kappa shape index (κ2) is 8.72. The molecule has 4 aromatic heterocycles. The van der Waals surface area contributed by atoms with Gasteiger partial charge in [-0.1, -0.05) is 0 Å². The zero-order valence-electron chi connectivity index (χ0n) is 17.7. The van der Waals surface area contributed by atoms with E-state index >= 15 is 0 Å². The van der Waals surface area contributed by atoms with E-state index in [-0.39, 0.29) is 12.0 Å². The van der Waals surface area contributed by atoms with Crippen LogP contribution in [-0.2, 0) is 7.05 Å². The summed E-state index contributed by atoms with van der Waals surface area (Å²) in [5.41, 5.74) is 3.08. The number of aromatic nitrogens is 5. The number of piperidine rings is 1. The third kappa shape index (κ3) is 4.42. The van der Waals surface area contributed by atoms with Gasteiger partial charge in [0.05, 0.1) is 29.7 Å². The third-order valence-electron chi connectivity index (χ3n) is 5.41. The summed E-state index contributed by atoms with van der Waals surface area (Å²) in [6.45, 7) is 1.87. The van der Waals surface area contributed by atoms with Crippen LogP contribution in [0.2, 0.25) is 0 Å². The Hall–Kier alpha value is -3.85. The number of aryl methyl sites for hydroxylation is 1. The van der Waals surface area contributed by atoms with Gasteiger partial charge in [-0.15, -0.1) is 0 Å². The molecule has 162 valence electrons. The van der Waals surface area contributed by atoms with Crippen molar-refractivity contribution in [3.8, 4) is 16.9 Å². The van der Waals surface area contributed by atoms with Gasteiger partial charge in [-0.25, -0.2) is 4.98 Å². The highest BCUT2D eigenvalue weighted by molar-refractivity contribution is 6.04. The maximum atomic E-state index is 12.8. The molecule has 5 heterocycles. The smallest absolute Gasteiger partial charge is 0.258 e. The Morgan fingerprint density at radius 2 is 1.94 bits per heavy atom. The fourth-order valence-corrected chi connectivity index (χ4v) is 3.73. The number of carbonyl (C=O) groups excluding carboxylic acids is 1. The van der Waals surface area contributed by atoms with Crippen LogP contribution in [0.5, 0.6) is 5.75 Å². The quantitative estimate of drug-likeness (QED) is 0.502. The second-order valence-corrected chi connectivity index (χ2v) is 7.82. The standard InChI is InChI=1S/C23H23N7O2/c1-30-14-18(11-28-30)16-6-15-8-22(27-13-21(15)26-10-16)29-23(31)17-7-20(12-25-9-17)32-19-2-4-24-5-3-19/h6-14,19,24H,2-5H2,1H3,(H,27,29,31). The van der Waals surface area contributed by atoms with E-state index in [1.807, 2.05) is 25.4 Å². The number of hydrogen-bond acceptors (Lipinski definition) is 7. The summed E-state index contributed by atoms with van der Waals surface area (Å²) in [7, 11) is 1.87. The predicted octanol–water partition coefficient (Wildman–Crippen LogP) is 2.81. The molecule has 2 N–H and O–H groups in total. The highest BCUT2D eigenvalue weighted by Crippen LogP contribution is 2.24. The van der Waals surface area contributed by atoms with Crippen LogP contribution in [0.3, 0.4) is 0 Å². The Kier molecular flexibility index (Phi) is 5.47. The topological polar surface area (TPSA) is 107 Å². The molecule has 4 aromatic rings. The van der Waals surface area contributed by atoms with Crippen LogP contribution in [0.25, 0.3) is 22.0 Å². The zero-order valence-corrected chi connectivity index (χ0v) is 17.7. The number of anilines is 1. The van der Waals surface area contributed by atoms with Crippen molar-refractivity contribution in [3.63, 3.8) is 0 Å². The van der Waals surface area contributed by atoms with Crippen molar-refractivity contribution in [2.45, 2.75) is 18.9 Å². The fraction of sp³-hybridized carbons (Fsp3) is 0.261. The molecule has 0 aromatic carbocycles. The number of nitrogens with zero attached hydrogens (tertiary/aromatic N) is 5. The molecule has 1 saturated heterocycles. The van der Waals surface area contributed by atoms with Crippen LogP contribution in [0.15, 0.2) is 55.4 Å². The molecule has 9 nitrogen and oxygen atoms in total. The first kappa shape index (κ1) is 20.1. The van der Waals surface area contributed by atoms with Gasteiger partial charge in [-0.05, 0) is 44.1 Å². The molecule has 1 aliphatic heterocycles. The van der Waals surface area contributed by atoms with Gasteiger partial charge in [0.15, 0.2) is 0 Å². The molecular formula is C23H23N7O2. The second-order valence-electron chi connectivity index (χ2n) is 7.82. The SMILES string of the molecule is Cn1cc(-c2cnc3cnc(NC(=O)c4cncc(OC5CCNCC5)c4)cc3c2)cn1. The van der Waals surface area contributed by atoms with E-state index < -0.39 is 0 Å². The minimum Gasteiger partial charge on any atom is -0.489 e. The first-order valence-corrected chi connectivity index (χ1v) is 10.5. The summed E-state index contributed by atoms with van der Waals surface area (Å²) < 4.78 is 7.74. The van der Waals surface area contributed by atoms with Crippen molar-refractivity contribution < 1.29 is 9.53 Å². The maximum Gasteiger partial charge on any atom is 0.258 e. The van der Waals surface area contributed by atoms with Gasteiger partial charge in [-0.3, -0.25) is 19.4 Å². The van der Waals surface area contributed by atoms with E-state index in [9.17, 15) is 4.79 Å². The van der Waals surface area contributed by atoms with Gasteiger partial charge in [0.2, 0.25) is 0 Å². The molecule has 1 amide bonds. The van der Waals surface area contributed by atoms with Crippen LogP contribution in [0, 0.1) is 0 Å². The van der Waals surface area contributed by atoms with Crippen molar-refractivity contribution in [2.75, 3.05) is 18.4 Å². The molecule has 0 bridgehead atoms. The van der Waals surface area contributed by atoms with Crippen molar-refractivity contribution in [2.24, 2.45) is 7.05 Å². The molecule has 0 spiro atoms. The van der Waals surface area contributed by atoms with Crippen molar-refractivity contribution in [1.82, 2.24) is 30.0 Å². The summed E-state index contributed by atoms with van der Waals surface area (Å²) in [5, 5.41) is 11.2. The van der Waals surface area contributed by atoms with E-state index in [0.717, 1.165) is 48.0 Å². The normalized spacial score (nSPS) is 14.4. The van der Waals surface area contributed by atoms with Crippen LogP contribution in [-0.4, -0.2) is 49.8 Å². The number of carbonyl (C=O) groups is 1. The first-order chi connectivity index (χ1) is 15.6. The molecule has 0 saturated carbocycles. The molecule has 1 aliphatic rings. The highest BCUT2D eigenvalue weighted by atomic mass is 16.5. The summed E-state index contributed by atoms with van der Waals surface area (Å²) in [5.74, 6) is 0.745. The number of ether oxygens (including phenoxy) is 1. The largest absolute Gasteiger partial charge is 0.489 e. The van der Waals surface area contributed by atoms with Crippen molar-refractivity contribution in [1.29, 1.82) is 0 Å². The molecular weight excluding hydrogens is 406 g/mol. The van der Waals surface area contributed by atoms with Crippen molar-refractivity contribution >= 4 is 22.6 Å². The Morgan fingerprint density at radius 1 is 1.06 bits per heavy atom. The zero-order chi connectivity index (χ0) is 21.9. The lowest BCUT2D eigenvalue weighted by Gasteiger charge is -2.23. The number of amides is 1. The summed E-state index contributed by atoms with van der Waals surface area (Å²) in [4.78, 5) is 25.8. The van der Waals surface area contributed by atoms with E-state index in [1.165, 1.54) is 6.20 Å². The van der Waals surface area contributed by atoms with Gasteiger partial charge in [0.1, 0.15) is 17.7 Å². The van der Waals surface area contributed by atoms with Crippen LogP contribution >= 0.6 is 0 Å². The average molecular weight is 429 g/mol. The first-order valence-electron chi connectivity index (χ1n) is 10.5. The minimum atomic E-state index is -0.295. The number of fused-ring (bicyclic) bond motifs is 1. The Morgan fingerprint density at radius 3 is 2.75 bits per heavy atom. The fourth-order valence-electron chi connectivity index (χ4n) is 3.73. The minimum absolute atomic E-state index is 0.139. The molecule has 32 heavy (non-hydrogen) atoms. The number of pyridine rings is 3. The summed E-state index contributed by atoms with van der Waals surface area (Å²) >= 11 is 0. The van der Waals surface area contributed by atoms with E-state index in [0.29, 0.717) is 17.1 Å². The Bertz CT molecular complexity index is 1260. The van der Waals surface area contributed by atoms with Crippen LogP contribution in [0.4, 0.5) is 5.82 Å². The molecule has 1 fully saturated rings. The maximum absolute atomic E-state index is 12.8. The Balaban J connectivity index is 1.33. The summed E-state index contributed by atoms with van der Waals surface area (Å²) in [6.07, 6.45) is 12.3. The van der Waals surface area contributed by atoms with Gasteiger partial charge in [-0.2, -0.15) is 5.10 Å². The van der Waals surface area contributed by atoms with Gasteiger partial charge in [0.25, 0.3) is 5.91 Å². The Labute approximate surface area is 184 Å². The molecule has 0 unspecified atom stereocenters. The molecule has 0 aliphatic carbocycles. The van der Waals surface area contributed by atoms with Crippen LogP contribution in [0.1, 0.15) is 23.2 Å². The highest BCUT2D eigenvalue weighted by Gasteiger charge is 2.16. The van der Waals surface area contributed by atoms with Crippen molar-refractivity contribution in [3.05, 3.63) is 60.9 Å². The lowest BCUT2D eigenvalue weighted by atomic mass is 10.1. The molecule has 9 heteroatoms. The van der Waals surface area contributed by atoms with Gasteiger partial charge in [0, 0.05) is 42.2 Å². The average Bonchev–Trinajstić information content (AvgIpc) is 3.26. The number of nitrogens with one attached hydrogen (secondary N) is 2. The monoisotopic (exact) mass is 429 g/mol. The van der Waals surface area contributed by atoms with Gasteiger partial charge < -0.3 is 15.4 Å². The third-order valence-corrected chi connectivity index (χ3v) is 5.41. The lowest BCUT2D eigenvalue weighted by molar-refractivity contribution is 0.102. The van der Waals surface area contributed by atoms with E-state index in [2.05, 4.69) is 30.7 Å². The van der Waals surface area contributed by atoms with Gasteiger partial charge >= 0.3 is 0 Å².